The highest BCUT2D eigenvalue weighted by atomic mass is 35.5. The van der Waals surface area contributed by atoms with Gasteiger partial charge in [0.25, 0.3) is 0 Å². The van der Waals surface area contributed by atoms with Crippen LogP contribution in [0.5, 0.6) is 0 Å². The molecule has 0 aliphatic rings. The van der Waals surface area contributed by atoms with Gasteiger partial charge in [-0.05, 0) is 37.3 Å². The molecule has 2 heterocycles. The molecule has 29 heavy (non-hydrogen) atoms. The smallest absolute Gasteiger partial charge is 0.240 e. The fourth-order valence-corrected chi connectivity index (χ4v) is 4.37. The number of hydrogen-bond acceptors (Lipinski definition) is 7. The first-order chi connectivity index (χ1) is 13.7. The van der Waals surface area contributed by atoms with Crippen molar-refractivity contribution in [1.82, 2.24) is 19.9 Å². The first-order valence-electron chi connectivity index (χ1n) is 8.46. The zero-order valence-electron chi connectivity index (χ0n) is 15.2. The van der Waals surface area contributed by atoms with E-state index in [2.05, 4.69) is 19.9 Å². The summed E-state index contributed by atoms with van der Waals surface area (Å²) in [5.41, 5.74) is 0.862. The molecule has 0 saturated carbocycles. The molecule has 0 aliphatic heterocycles. The summed E-state index contributed by atoms with van der Waals surface area (Å²) in [5, 5.41) is 9.27. The number of aromatic nitrogens is 3. The summed E-state index contributed by atoms with van der Waals surface area (Å²) >= 11 is 7.08. The number of nitrogens with zero attached hydrogens (tertiary/aromatic N) is 3. The summed E-state index contributed by atoms with van der Waals surface area (Å²) in [6.45, 7) is 1.76. The Morgan fingerprint density at radius 2 is 2.03 bits per heavy atom. The molecule has 3 aromatic rings. The highest BCUT2D eigenvalue weighted by Crippen LogP contribution is 2.19. The second kappa shape index (κ2) is 9.04. The Bertz CT molecular complexity index is 1130. The minimum atomic E-state index is -3.88. The summed E-state index contributed by atoms with van der Waals surface area (Å²) in [5.74, 6) is -0.785. The molecule has 0 atom stereocenters. The van der Waals surface area contributed by atoms with Crippen molar-refractivity contribution < 1.29 is 17.6 Å². The van der Waals surface area contributed by atoms with E-state index in [0.29, 0.717) is 17.7 Å². The molecule has 7 nitrogen and oxygen atoms in total. The molecule has 0 spiro atoms. The fourth-order valence-electron chi connectivity index (χ4n) is 2.39. The lowest BCUT2D eigenvalue weighted by Gasteiger charge is -2.07. The standard InChI is InChI=1S/C18H16ClFN4O3S2/c1-11-23-24-18(28-11)7-6-17(25)12-2-3-13(21-9-12)10-22-29(26,27)14-4-5-16(20)15(19)8-14/h2-5,8-9,22H,6-7,10H2,1H3. The lowest BCUT2D eigenvalue weighted by molar-refractivity contribution is 0.0982. The molecule has 1 N–H and O–H groups in total. The van der Waals surface area contributed by atoms with E-state index >= 15 is 0 Å². The lowest BCUT2D eigenvalue weighted by atomic mass is 10.1. The van der Waals surface area contributed by atoms with E-state index in [1.54, 1.807) is 12.1 Å². The van der Waals surface area contributed by atoms with Gasteiger partial charge in [-0.1, -0.05) is 11.6 Å². The van der Waals surface area contributed by atoms with Crippen LogP contribution in [0.15, 0.2) is 41.4 Å². The van der Waals surface area contributed by atoms with Crippen LogP contribution in [0.4, 0.5) is 4.39 Å². The third kappa shape index (κ3) is 5.63. The van der Waals surface area contributed by atoms with Gasteiger partial charge in [-0.15, -0.1) is 21.5 Å². The zero-order valence-corrected chi connectivity index (χ0v) is 17.6. The highest BCUT2D eigenvalue weighted by Gasteiger charge is 2.16. The summed E-state index contributed by atoms with van der Waals surface area (Å²) in [7, 11) is -3.88. The number of Topliss-reactive ketones (excluding diaryl/α,β-unsaturated/α-hetero) is 1. The van der Waals surface area contributed by atoms with E-state index in [0.717, 1.165) is 28.2 Å². The maximum atomic E-state index is 13.2. The molecule has 0 bridgehead atoms. The van der Waals surface area contributed by atoms with Gasteiger partial charge in [0.05, 0.1) is 22.2 Å². The van der Waals surface area contributed by atoms with E-state index in [9.17, 15) is 17.6 Å². The average Bonchev–Trinajstić information content (AvgIpc) is 3.12. The maximum absolute atomic E-state index is 13.2. The van der Waals surface area contributed by atoms with Crippen LogP contribution in [0, 0.1) is 12.7 Å². The normalized spacial score (nSPS) is 11.6. The molecule has 0 aliphatic carbocycles. The van der Waals surface area contributed by atoms with Gasteiger partial charge >= 0.3 is 0 Å². The van der Waals surface area contributed by atoms with Crippen LogP contribution in [0.3, 0.4) is 0 Å². The van der Waals surface area contributed by atoms with E-state index in [4.69, 9.17) is 11.6 Å². The second-order valence-corrected chi connectivity index (χ2v) is 9.52. The molecule has 2 aromatic heterocycles. The minimum absolute atomic E-state index is 0.0848. The number of halogens is 2. The third-order valence-corrected chi connectivity index (χ3v) is 6.51. The Morgan fingerprint density at radius 3 is 2.66 bits per heavy atom. The summed E-state index contributed by atoms with van der Waals surface area (Å²) in [6, 6.07) is 6.31. The molecule has 0 saturated heterocycles. The Labute approximate surface area is 176 Å². The van der Waals surface area contributed by atoms with Crippen molar-refractivity contribution >= 4 is 38.7 Å². The largest absolute Gasteiger partial charge is 0.294 e. The fraction of sp³-hybridized carbons (Fsp3) is 0.222. The van der Waals surface area contributed by atoms with Crippen LogP contribution >= 0.6 is 22.9 Å². The van der Waals surface area contributed by atoms with Gasteiger partial charge in [0.2, 0.25) is 10.0 Å². The molecule has 0 fully saturated rings. The zero-order chi connectivity index (χ0) is 21.0. The average molecular weight is 455 g/mol. The number of rotatable bonds is 8. The molecule has 0 amide bonds. The minimum Gasteiger partial charge on any atom is -0.294 e. The SMILES string of the molecule is Cc1nnc(CCC(=O)c2ccc(CNS(=O)(=O)c3ccc(F)c(Cl)c3)nc2)s1. The van der Waals surface area contributed by atoms with Crippen LogP contribution in [-0.2, 0) is 23.0 Å². The van der Waals surface area contributed by atoms with Gasteiger partial charge in [0.1, 0.15) is 15.8 Å². The summed E-state index contributed by atoms with van der Waals surface area (Å²) < 4.78 is 40.1. The van der Waals surface area contributed by atoms with Crippen molar-refractivity contribution in [2.75, 3.05) is 0 Å². The number of pyridine rings is 1. The molecule has 0 unspecified atom stereocenters. The van der Waals surface area contributed by atoms with Crippen molar-refractivity contribution in [2.24, 2.45) is 0 Å². The number of ketones is 1. The topological polar surface area (TPSA) is 102 Å². The first-order valence-corrected chi connectivity index (χ1v) is 11.1. The van der Waals surface area contributed by atoms with E-state index in [-0.39, 0.29) is 28.7 Å². The predicted octanol–water partition coefficient (Wildman–Crippen LogP) is 3.33. The second-order valence-electron chi connectivity index (χ2n) is 6.08. The van der Waals surface area contributed by atoms with Gasteiger partial charge in [0, 0.05) is 24.6 Å². The molecule has 1 aromatic carbocycles. The van der Waals surface area contributed by atoms with Gasteiger partial charge in [0.15, 0.2) is 5.78 Å². The van der Waals surface area contributed by atoms with E-state index in [1.807, 2.05) is 6.92 Å². The molecular formula is C18H16ClFN4O3S2. The number of nitrogens with one attached hydrogen (secondary N) is 1. The Kier molecular flexibility index (Phi) is 6.68. The van der Waals surface area contributed by atoms with Crippen molar-refractivity contribution in [3.63, 3.8) is 0 Å². The molecule has 11 heteroatoms. The van der Waals surface area contributed by atoms with E-state index < -0.39 is 15.8 Å². The summed E-state index contributed by atoms with van der Waals surface area (Å²) in [4.78, 5) is 16.2. The number of carbonyl (C=O) groups excluding carboxylic acids is 1. The summed E-state index contributed by atoms with van der Waals surface area (Å²) in [6.07, 6.45) is 2.20. The molecular weight excluding hydrogens is 439 g/mol. The Balaban J connectivity index is 1.58. The quantitative estimate of drug-likeness (QED) is 0.524. The molecule has 0 radical (unpaired) electrons. The Hall–Kier alpha value is -2.27. The highest BCUT2D eigenvalue weighted by molar-refractivity contribution is 7.89. The van der Waals surface area contributed by atoms with Crippen molar-refractivity contribution in [3.8, 4) is 0 Å². The van der Waals surface area contributed by atoms with Crippen molar-refractivity contribution in [2.45, 2.75) is 31.2 Å². The van der Waals surface area contributed by atoms with E-state index in [1.165, 1.54) is 17.5 Å². The first kappa shape index (κ1) is 21.4. The van der Waals surface area contributed by atoms with Gasteiger partial charge in [-0.3, -0.25) is 9.78 Å². The van der Waals surface area contributed by atoms with Crippen molar-refractivity contribution in [1.29, 1.82) is 0 Å². The van der Waals surface area contributed by atoms with Gasteiger partial charge in [-0.25, -0.2) is 17.5 Å². The molecule has 3 rings (SSSR count). The third-order valence-electron chi connectivity index (χ3n) is 3.93. The number of carbonyl (C=O) groups is 1. The lowest BCUT2D eigenvalue weighted by Crippen LogP contribution is -2.23. The van der Waals surface area contributed by atoms with Crippen LogP contribution in [0.25, 0.3) is 0 Å². The number of hydrogen-bond donors (Lipinski definition) is 1. The van der Waals surface area contributed by atoms with Gasteiger partial charge < -0.3 is 0 Å². The predicted molar refractivity (Wildman–Crippen MR) is 107 cm³/mol. The number of sulfonamides is 1. The molecule has 152 valence electrons. The number of benzene rings is 1. The van der Waals surface area contributed by atoms with Crippen LogP contribution in [0.2, 0.25) is 5.02 Å². The monoisotopic (exact) mass is 454 g/mol. The number of aryl methyl sites for hydroxylation is 2. The van der Waals surface area contributed by atoms with Crippen LogP contribution < -0.4 is 4.72 Å². The van der Waals surface area contributed by atoms with Crippen LogP contribution in [0.1, 0.15) is 32.5 Å². The Morgan fingerprint density at radius 1 is 1.24 bits per heavy atom. The van der Waals surface area contributed by atoms with Crippen LogP contribution in [-0.4, -0.2) is 29.4 Å². The van der Waals surface area contributed by atoms with Gasteiger partial charge in [-0.2, -0.15) is 0 Å². The van der Waals surface area contributed by atoms with Crippen molar-refractivity contribution in [3.05, 3.63) is 68.6 Å². The maximum Gasteiger partial charge on any atom is 0.240 e.